The second kappa shape index (κ2) is 7.72. The predicted octanol–water partition coefficient (Wildman–Crippen LogP) is 4.82. The van der Waals surface area contributed by atoms with E-state index in [2.05, 4.69) is 15.5 Å². The minimum atomic E-state index is -0.399. The lowest BCUT2D eigenvalue weighted by Gasteiger charge is -2.10. The smallest absolute Gasteiger partial charge is 0.277 e. The second-order valence-corrected chi connectivity index (χ2v) is 7.18. The third kappa shape index (κ3) is 4.41. The van der Waals surface area contributed by atoms with E-state index in [4.69, 9.17) is 16.0 Å². The van der Waals surface area contributed by atoms with Crippen molar-refractivity contribution >= 4 is 35.0 Å². The number of nitrogens with one attached hydrogen (secondary N) is 1. The molecule has 128 valence electrons. The van der Waals surface area contributed by atoms with E-state index in [-0.39, 0.29) is 5.91 Å². The van der Waals surface area contributed by atoms with E-state index in [1.165, 1.54) is 11.8 Å². The summed E-state index contributed by atoms with van der Waals surface area (Å²) in [6, 6.07) is 14.8. The van der Waals surface area contributed by atoms with Gasteiger partial charge < -0.3 is 9.73 Å². The lowest BCUT2D eigenvalue weighted by molar-refractivity contribution is -0.115. The van der Waals surface area contributed by atoms with Crippen LogP contribution in [0.5, 0.6) is 0 Å². The molecule has 0 aliphatic rings. The van der Waals surface area contributed by atoms with Crippen LogP contribution in [0, 0.1) is 6.92 Å². The molecule has 1 N–H and O–H groups in total. The van der Waals surface area contributed by atoms with Gasteiger partial charge in [-0.3, -0.25) is 4.79 Å². The van der Waals surface area contributed by atoms with Gasteiger partial charge in [-0.15, -0.1) is 10.2 Å². The summed E-state index contributed by atoms with van der Waals surface area (Å²) in [5.74, 6) is 0.283. The number of carbonyl (C=O) groups is 1. The maximum Gasteiger partial charge on any atom is 0.277 e. The summed E-state index contributed by atoms with van der Waals surface area (Å²) in [5.41, 5.74) is 2.59. The van der Waals surface area contributed by atoms with Gasteiger partial charge in [0.15, 0.2) is 0 Å². The summed E-state index contributed by atoms with van der Waals surface area (Å²) in [7, 11) is 0. The zero-order valence-corrected chi connectivity index (χ0v) is 15.3. The Hall–Kier alpha value is -2.31. The van der Waals surface area contributed by atoms with Crippen molar-refractivity contribution in [2.24, 2.45) is 0 Å². The van der Waals surface area contributed by atoms with Gasteiger partial charge in [-0.1, -0.05) is 47.6 Å². The van der Waals surface area contributed by atoms with Crippen LogP contribution in [-0.2, 0) is 4.79 Å². The molecule has 7 heteroatoms. The molecule has 0 fully saturated rings. The van der Waals surface area contributed by atoms with E-state index in [0.29, 0.717) is 21.8 Å². The normalized spacial score (nSPS) is 12.0. The minimum absolute atomic E-state index is 0.164. The Morgan fingerprint density at radius 1 is 1.20 bits per heavy atom. The molecule has 1 amide bonds. The van der Waals surface area contributed by atoms with Crippen molar-refractivity contribution in [1.82, 2.24) is 10.2 Å². The first-order chi connectivity index (χ1) is 12.0. The number of halogens is 1. The Balaban J connectivity index is 1.66. The zero-order valence-electron chi connectivity index (χ0n) is 13.7. The van der Waals surface area contributed by atoms with Crippen molar-refractivity contribution in [3.8, 4) is 11.5 Å². The number of amides is 1. The number of benzene rings is 2. The van der Waals surface area contributed by atoms with Gasteiger partial charge in [0.1, 0.15) is 0 Å². The molecule has 1 aromatic heterocycles. The first-order valence-corrected chi connectivity index (χ1v) is 8.91. The van der Waals surface area contributed by atoms with Crippen molar-refractivity contribution in [2.75, 3.05) is 5.32 Å². The Morgan fingerprint density at radius 3 is 2.76 bits per heavy atom. The summed E-state index contributed by atoms with van der Waals surface area (Å²) in [6.45, 7) is 3.76. The Kier molecular flexibility index (Phi) is 5.40. The number of thioether (sulfide) groups is 1. The molecule has 5 nitrogen and oxygen atoms in total. The average Bonchev–Trinajstić information content (AvgIpc) is 3.03. The highest BCUT2D eigenvalue weighted by molar-refractivity contribution is 8.00. The Bertz CT molecular complexity index is 897. The summed E-state index contributed by atoms with van der Waals surface area (Å²) in [4.78, 5) is 12.3. The molecule has 0 aliphatic heterocycles. The molecule has 0 saturated carbocycles. The number of hydrogen-bond acceptors (Lipinski definition) is 5. The van der Waals surface area contributed by atoms with E-state index < -0.39 is 5.25 Å². The van der Waals surface area contributed by atoms with Crippen LogP contribution in [0.2, 0.25) is 5.02 Å². The molecule has 0 bridgehead atoms. The van der Waals surface area contributed by atoms with Crippen LogP contribution in [0.25, 0.3) is 11.5 Å². The van der Waals surface area contributed by atoms with Gasteiger partial charge in [-0.25, -0.2) is 0 Å². The fourth-order valence-corrected chi connectivity index (χ4v) is 3.07. The zero-order chi connectivity index (χ0) is 17.8. The fraction of sp³-hybridized carbons (Fsp3) is 0.167. The number of rotatable bonds is 5. The number of hydrogen-bond donors (Lipinski definition) is 1. The van der Waals surface area contributed by atoms with E-state index in [1.807, 2.05) is 31.2 Å². The number of anilines is 1. The highest BCUT2D eigenvalue weighted by atomic mass is 35.5. The maximum absolute atomic E-state index is 12.3. The molecule has 3 rings (SSSR count). The van der Waals surface area contributed by atoms with E-state index >= 15 is 0 Å². The fourth-order valence-electron chi connectivity index (χ4n) is 2.19. The van der Waals surface area contributed by atoms with Crippen molar-refractivity contribution < 1.29 is 9.21 Å². The number of nitrogens with zero attached hydrogens (tertiary/aromatic N) is 2. The summed E-state index contributed by atoms with van der Waals surface area (Å²) in [5, 5.41) is 11.4. The van der Waals surface area contributed by atoms with Gasteiger partial charge in [0.2, 0.25) is 11.8 Å². The van der Waals surface area contributed by atoms with E-state index in [9.17, 15) is 4.79 Å². The van der Waals surface area contributed by atoms with E-state index in [1.54, 1.807) is 31.2 Å². The average molecular weight is 374 g/mol. The first kappa shape index (κ1) is 17.5. The second-order valence-electron chi connectivity index (χ2n) is 5.45. The van der Waals surface area contributed by atoms with Gasteiger partial charge in [0.25, 0.3) is 5.22 Å². The van der Waals surface area contributed by atoms with E-state index in [0.717, 1.165) is 11.1 Å². The van der Waals surface area contributed by atoms with Crippen LogP contribution in [-0.4, -0.2) is 21.4 Å². The van der Waals surface area contributed by atoms with Crippen LogP contribution >= 0.6 is 23.4 Å². The topological polar surface area (TPSA) is 68.0 Å². The van der Waals surface area contributed by atoms with Crippen molar-refractivity contribution in [1.29, 1.82) is 0 Å². The third-order valence-electron chi connectivity index (χ3n) is 3.52. The largest absolute Gasteiger partial charge is 0.411 e. The first-order valence-electron chi connectivity index (χ1n) is 7.65. The summed E-state index contributed by atoms with van der Waals surface area (Å²) >= 11 is 7.13. The molecular formula is C18H16ClN3O2S. The van der Waals surface area contributed by atoms with Gasteiger partial charge in [0.05, 0.1) is 5.25 Å². The maximum atomic E-state index is 12.3. The highest BCUT2D eigenvalue weighted by Crippen LogP contribution is 2.28. The molecule has 3 aromatic rings. The number of carbonyl (C=O) groups excluding carboxylic acids is 1. The molecule has 1 heterocycles. The molecule has 1 atom stereocenters. The van der Waals surface area contributed by atoms with Crippen LogP contribution in [0.4, 0.5) is 5.69 Å². The standard InChI is InChI=1S/C18H16ClN3O2S/c1-11-6-3-4-9-15(11)17-21-22-18(24-17)25-12(2)16(23)20-14-8-5-7-13(19)10-14/h3-10,12H,1-2H3,(H,20,23)/t12-/m1/s1. The van der Waals surface area contributed by atoms with Gasteiger partial charge in [-0.05, 0) is 43.7 Å². The van der Waals surface area contributed by atoms with Gasteiger partial charge >= 0.3 is 0 Å². The Morgan fingerprint density at radius 2 is 2.00 bits per heavy atom. The molecule has 0 radical (unpaired) electrons. The molecule has 25 heavy (non-hydrogen) atoms. The van der Waals surface area contributed by atoms with Crippen LogP contribution in [0.3, 0.4) is 0 Å². The van der Waals surface area contributed by atoms with Crippen molar-refractivity contribution in [2.45, 2.75) is 24.3 Å². The van der Waals surface area contributed by atoms with Crippen LogP contribution < -0.4 is 5.32 Å². The van der Waals surface area contributed by atoms with Crippen molar-refractivity contribution in [3.05, 3.63) is 59.1 Å². The monoisotopic (exact) mass is 373 g/mol. The van der Waals surface area contributed by atoms with Crippen LogP contribution in [0.15, 0.2) is 58.2 Å². The summed E-state index contributed by atoms with van der Waals surface area (Å²) < 4.78 is 5.68. The SMILES string of the molecule is Cc1ccccc1-c1nnc(S[C@H](C)C(=O)Nc2cccc(Cl)c2)o1. The quantitative estimate of drug-likeness (QED) is 0.649. The number of aryl methyl sites for hydroxylation is 1. The minimum Gasteiger partial charge on any atom is -0.411 e. The van der Waals surface area contributed by atoms with Gasteiger partial charge in [0, 0.05) is 16.3 Å². The lowest BCUT2D eigenvalue weighted by atomic mass is 10.1. The summed E-state index contributed by atoms with van der Waals surface area (Å²) in [6.07, 6.45) is 0. The predicted molar refractivity (Wildman–Crippen MR) is 99.9 cm³/mol. The molecule has 2 aromatic carbocycles. The molecule has 0 aliphatic carbocycles. The Labute approximate surface area is 154 Å². The van der Waals surface area contributed by atoms with Crippen molar-refractivity contribution in [3.63, 3.8) is 0 Å². The van der Waals surface area contributed by atoms with Gasteiger partial charge in [-0.2, -0.15) is 0 Å². The number of aromatic nitrogens is 2. The van der Waals surface area contributed by atoms with Crippen LogP contribution in [0.1, 0.15) is 12.5 Å². The molecular weight excluding hydrogens is 358 g/mol. The molecule has 0 unspecified atom stereocenters. The lowest BCUT2D eigenvalue weighted by Crippen LogP contribution is -2.22. The molecule has 0 saturated heterocycles. The molecule has 0 spiro atoms. The highest BCUT2D eigenvalue weighted by Gasteiger charge is 2.19. The third-order valence-corrected chi connectivity index (χ3v) is 4.69.